The number of carbonyl (C=O) groups excluding carboxylic acids is 1. The number of nitrogens with zero attached hydrogens (tertiary/aromatic N) is 2. The molecule has 25 heavy (non-hydrogen) atoms. The predicted molar refractivity (Wildman–Crippen MR) is 99.7 cm³/mol. The van der Waals surface area contributed by atoms with Crippen molar-refractivity contribution in [1.29, 1.82) is 0 Å². The number of aliphatic hydroxyl groups excluding tert-OH is 1. The van der Waals surface area contributed by atoms with E-state index in [0.29, 0.717) is 6.54 Å². The maximum absolute atomic E-state index is 12.0. The number of likely N-dealkylation sites (tertiary alicyclic amines) is 1. The third-order valence-corrected chi connectivity index (χ3v) is 4.73. The fraction of sp³-hybridized carbons (Fsp3) is 0.474. The highest BCUT2D eigenvalue weighted by Crippen LogP contribution is 2.17. The molecule has 0 spiro atoms. The zero-order chi connectivity index (χ0) is 17.5. The van der Waals surface area contributed by atoms with Crippen molar-refractivity contribution in [2.24, 2.45) is 0 Å². The van der Waals surface area contributed by atoms with E-state index in [-0.39, 0.29) is 18.7 Å². The number of pyridine rings is 1. The molecule has 1 unspecified atom stereocenters. The smallest absolute Gasteiger partial charge is 0.319 e. The summed E-state index contributed by atoms with van der Waals surface area (Å²) in [4.78, 5) is 18.6. The van der Waals surface area contributed by atoms with Gasteiger partial charge in [-0.3, -0.25) is 9.88 Å². The molecule has 0 aliphatic carbocycles. The van der Waals surface area contributed by atoms with Crippen LogP contribution < -0.4 is 10.6 Å². The van der Waals surface area contributed by atoms with Gasteiger partial charge in [-0.05, 0) is 44.0 Å². The first-order chi connectivity index (χ1) is 12.3. The number of urea groups is 1. The Morgan fingerprint density at radius 2 is 2.24 bits per heavy atom. The molecule has 2 aromatic rings. The fourth-order valence-electron chi connectivity index (χ4n) is 3.36. The number of aromatic nitrogens is 1. The summed E-state index contributed by atoms with van der Waals surface area (Å²) < 4.78 is 0. The zero-order valence-electron chi connectivity index (χ0n) is 14.4. The van der Waals surface area contributed by atoms with Crippen molar-refractivity contribution in [2.75, 3.05) is 31.6 Å². The lowest BCUT2D eigenvalue weighted by Crippen LogP contribution is -2.43. The first-order valence-electron chi connectivity index (χ1n) is 9.01. The van der Waals surface area contributed by atoms with Gasteiger partial charge in [-0.25, -0.2) is 4.79 Å². The lowest BCUT2D eigenvalue weighted by Gasteiger charge is -2.34. The second kappa shape index (κ2) is 8.78. The van der Waals surface area contributed by atoms with Crippen molar-refractivity contribution >= 4 is 22.6 Å². The number of aliphatic hydroxyl groups is 1. The Kier molecular flexibility index (Phi) is 6.19. The molecule has 1 aromatic heterocycles. The third kappa shape index (κ3) is 4.90. The van der Waals surface area contributed by atoms with Crippen LogP contribution in [0, 0.1) is 0 Å². The zero-order valence-corrected chi connectivity index (χ0v) is 14.4. The number of hydrogen-bond donors (Lipinski definition) is 3. The number of fused-ring (bicyclic) bond motifs is 1. The highest BCUT2D eigenvalue weighted by Gasteiger charge is 2.20. The molecular formula is C19H26N4O2. The van der Waals surface area contributed by atoms with Crippen molar-refractivity contribution in [1.82, 2.24) is 15.2 Å². The predicted octanol–water partition coefficient (Wildman–Crippen LogP) is 2.59. The number of rotatable bonds is 6. The van der Waals surface area contributed by atoms with Gasteiger partial charge in [0.25, 0.3) is 0 Å². The molecule has 1 fully saturated rings. The molecule has 0 saturated carbocycles. The van der Waals surface area contributed by atoms with Crippen LogP contribution >= 0.6 is 0 Å². The van der Waals surface area contributed by atoms with Crippen molar-refractivity contribution in [3.8, 4) is 0 Å². The normalized spacial score (nSPS) is 18.2. The van der Waals surface area contributed by atoms with Gasteiger partial charge in [-0.1, -0.05) is 18.6 Å². The van der Waals surface area contributed by atoms with Crippen molar-refractivity contribution in [2.45, 2.75) is 31.7 Å². The van der Waals surface area contributed by atoms with E-state index in [1.54, 1.807) is 6.20 Å². The van der Waals surface area contributed by atoms with E-state index < -0.39 is 0 Å². The molecule has 0 bridgehead atoms. The quantitative estimate of drug-likeness (QED) is 0.705. The fourth-order valence-corrected chi connectivity index (χ4v) is 3.36. The molecule has 3 rings (SSSR count). The summed E-state index contributed by atoms with van der Waals surface area (Å²) in [6.07, 6.45) is 6.08. The van der Waals surface area contributed by atoms with Crippen molar-refractivity contribution in [3.63, 3.8) is 0 Å². The average Bonchev–Trinajstić information content (AvgIpc) is 2.65. The van der Waals surface area contributed by atoms with E-state index in [9.17, 15) is 9.90 Å². The monoisotopic (exact) mass is 342 g/mol. The minimum absolute atomic E-state index is 0.201. The van der Waals surface area contributed by atoms with Crippen LogP contribution in [0.2, 0.25) is 0 Å². The molecule has 2 amide bonds. The van der Waals surface area contributed by atoms with Crippen LogP contribution in [-0.4, -0.2) is 53.3 Å². The van der Waals surface area contributed by atoms with E-state index in [2.05, 4.69) is 20.5 Å². The van der Waals surface area contributed by atoms with Gasteiger partial charge in [0.15, 0.2) is 0 Å². The van der Waals surface area contributed by atoms with Crippen LogP contribution in [0.1, 0.15) is 25.7 Å². The number of benzene rings is 1. The Bertz CT molecular complexity index is 707. The van der Waals surface area contributed by atoms with Gasteiger partial charge < -0.3 is 15.7 Å². The summed E-state index contributed by atoms with van der Waals surface area (Å²) in [7, 11) is 0. The molecule has 0 radical (unpaired) electrons. The van der Waals surface area contributed by atoms with E-state index in [1.165, 1.54) is 12.8 Å². The Morgan fingerprint density at radius 1 is 1.32 bits per heavy atom. The van der Waals surface area contributed by atoms with Crippen LogP contribution in [0.4, 0.5) is 10.5 Å². The molecule has 1 aliphatic rings. The molecule has 1 aliphatic heterocycles. The van der Waals surface area contributed by atoms with Gasteiger partial charge in [0.1, 0.15) is 0 Å². The Morgan fingerprint density at radius 3 is 3.12 bits per heavy atom. The van der Waals surface area contributed by atoms with Gasteiger partial charge in [0.2, 0.25) is 0 Å². The maximum atomic E-state index is 12.0. The number of piperidine rings is 1. The highest BCUT2D eigenvalue weighted by molar-refractivity contribution is 5.92. The second-order valence-electron chi connectivity index (χ2n) is 6.51. The van der Waals surface area contributed by atoms with E-state index in [4.69, 9.17) is 0 Å². The summed E-state index contributed by atoms with van der Waals surface area (Å²) in [6.45, 7) is 2.79. The van der Waals surface area contributed by atoms with Gasteiger partial charge in [0.05, 0.1) is 12.1 Å². The van der Waals surface area contributed by atoms with Gasteiger partial charge in [0, 0.05) is 36.4 Å². The first kappa shape index (κ1) is 17.6. The molecule has 2 heterocycles. The average molecular weight is 342 g/mol. The van der Waals surface area contributed by atoms with Crippen LogP contribution in [0.3, 0.4) is 0 Å². The molecule has 1 atom stereocenters. The lowest BCUT2D eigenvalue weighted by atomic mass is 10.0. The number of carbonyl (C=O) groups is 1. The van der Waals surface area contributed by atoms with Crippen LogP contribution in [-0.2, 0) is 0 Å². The van der Waals surface area contributed by atoms with E-state index in [1.807, 2.05) is 30.3 Å². The summed E-state index contributed by atoms with van der Waals surface area (Å²) in [5.41, 5.74) is 1.60. The molecule has 3 N–H and O–H groups in total. The van der Waals surface area contributed by atoms with E-state index in [0.717, 1.165) is 42.5 Å². The third-order valence-electron chi connectivity index (χ3n) is 4.73. The number of hydrogen-bond acceptors (Lipinski definition) is 4. The lowest BCUT2D eigenvalue weighted by molar-refractivity contribution is 0.0894. The molecule has 6 nitrogen and oxygen atoms in total. The van der Waals surface area contributed by atoms with Gasteiger partial charge >= 0.3 is 6.03 Å². The SMILES string of the molecule is O=C(NCCCN1CCCCC1CO)Nc1ccc2cccnc2c1. The topological polar surface area (TPSA) is 77.5 Å². The number of nitrogens with one attached hydrogen (secondary N) is 2. The number of amides is 2. The minimum atomic E-state index is -0.201. The van der Waals surface area contributed by atoms with E-state index >= 15 is 0 Å². The Hall–Kier alpha value is -2.18. The summed E-state index contributed by atoms with van der Waals surface area (Å²) >= 11 is 0. The molecule has 1 aromatic carbocycles. The van der Waals surface area contributed by atoms with Crippen LogP contribution in [0.15, 0.2) is 36.5 Å². The summed E-state index contributed by atoms with van der Waals surface area (Å²) in [6, 6.07) is 9.67. The molecule has 134 valence electrons. The Balaban J connectivity index is 1.41. The van der Waals surface area contributed by atoms with Crippen molar-refractivity contribution in [3.05, 3.63) is 36.5 Å². The van der Waals surface area contributed by atoms with Gasteiger partial charge in [-0.15, -0.1) is 0 Å². The first-order valence-corrected chi connectivity index (χ1v) is 9.01. The summed E-state index contributed by atoms with van der Waals surface area (Å²) in [5.74, 6) is 0. The highest BCUT2D eigenvalue weighted by atomic mass is 16.3. The van der Waals surface area contributed by atoms with Crippen molar-refractivity contribution < 1.29 is 9.90 Å². The molecule has 1 saturated heterocycles. The Labute approximate surface area is 148 Å². The maximum Gasteiger partial charge on any atom is 0.319 e. The largest absolute Gasteiger partial charge is 0.395 e. The van der Waals surface area contributed by atoms with Crippen LogP contribution in [0.25, 0.3) is 10.9 Å². The standard InChI is InChI=1S/C19H26N4O2/c24-14-17-6-1-2-11-23(17)12-4-10-21-19(25)22-16-8-7-15-5-3-9-20-18(15)13-16/h3,5,7-9,13,17,24H,1-2,4,6,10-12,14H2,(H2,21,22,25). The minimum Gasteiger partial charge on any atom is -0.395 e. The second-order valence-corrected chi connectivity index (χ2v) is 6.51. The molecular weight excluding hydrogens is 316 g/mol. The molecule has 6 heteroatoms. The van der Waals surface area contributed by atoms with Gasteiger partial charge in [-0.2, -0.15) is 0 Å². The number of anilines is 1. The van der Waals surface area contributed by atoms with Crippen LogP contribution in [0.5, 0.6) is 0 Å². The summed E-state index contributed by atoms with van der Waals surface area (Å²) in [5, 5.41) is 16.2.